The lowest BCUT2D eigenvalue weighted by atomic mass is 9.66. The van der Waals surface area contributed by atoms with Crippen LogP contribution in [0.4, 0.5) is 20.7 Å². The van der Waals surface area contributed by atoms with E-state index in [4.69, 9.17) is 9.26 Å². The van der Waals surface area contributed by atoms with Gasteiger partial charge in [0.25, 0.3) is 0 Å². The van der Waals surface area contributed by atoms with Crippen molar-refractivity contribution in [3.63, 3.8) is 0 Å². The van der Waals surface area contributed by atoms with E-state index >= 15 is 4.39 Å². The number of benzene rings is 1. The lowest BCUT2D eigenvalue weighted by Crippen LogP contribution is -2.75. The molecular formula is C22H26FN5O5. The zero-order valence-corrected chi connectivity index (χ0v) is 18.9. The summed E-state index contributed by atoms with van der Waals surface area (Å²) in [6.07, 6.45) is -0.944. The predicted octanol–water partition coefficient (Wildman–Crippen LogP) is 1.70. The summed E-state index contributed by atoms with van der Waals surface area (Å²) < 4.78 is 27.4. The number of nitrogens with one attached hydrogen (secondary N) is 2. The number of imide groups is 2. The second-order valence-electron chi connectivity index (χ2n) is 8.89. The van der Waals surface area contributed by atoms with Gasteiger partial charge in [-0.2, -0.15) is 0 Å². The second kappa shape index (κ2) is 7.41. The van der Waals surface area contributed by atoms with E-state index in [1.54, 1.807) is 17.9 Å². The Morgan fingerprint density at radius 2 is 1.88 bits per heavy atom. The maximum absolute atomic E-state index is 16.0. The number of aromatic nitrogens is 1. The Kier molecular flexibility index (Phi) is 4.85. The molecule has 10 nitrogen and oxygen atoms in total. The molecular weight excluding hydrogens is 433 g/mol. The minimum absolute atomic E-state index is 0.0323. The van der Waals surface area contributed by atoms with E-state index in [9.17, 15) is 14.4 Å². The van der Waals surface area contributed by atoms with Gasteiger partial charge in [-0.25, -0.2) is 9.18 Å². The van der Waals surface area contributed by atoms with Crippen LogP contribution in [0.1, 0.15) is 33.3 Å². The fraction of sp³-hybridized carbons (Fsp3) is 0.545. The van der Waals surface area contributed by atoms with Gasteiger partial charge in [-0.05, 0) is 39.3 Å². The van der Waals surface area contributed by atoms with Crippen molar-refractivity contribution in [2.24, 2.45) is 5.41 Å². The summed E-state index contributed by atoms with van der Waals surface area (Å²) in [5.41, 5.74) is -0.869. The minimum atomic E-state index is -1.66. The van der Waals surface area contributed by atoms with Crippen molar-refractivity contribution >= 4 is 40.3 Å². The molecule has 3 aliphatic rings. The fourth-order valence-electron chi connectivity index (χ4n) is 5.69. The van der Waals surface area contributed by atoms with Crippen molar-refractivity contribution in [1.29, 1.82) is 0 Å². The monoisotopic (exact) mass is 459 g/mol. The van der Waals surface area contributed by atoms with Crippen molar-refractivity contribution in [3.8, 4) is 0 Å². The van der Waals surface area contributed by atoms with Crippen molar-refractivity contribution in [3.05, 3.63) is 17.4 Å². The third-order valence-electron chi connectivity index (χ3n) is 7.01. The van der Waals surface area contributed by atoms with E-state index in [0.717, 1.165) is 0 Å². The van der Waals surface area contributed by atoms with Gasteiger partial charge in [0.2, 0.25) is 17.4 Å². The minimum Gasteiger partial charge on any atom is -0.372 e. The summed E-state index contributed by atoms with van der Waals surface area (Å²) in [6.45, 7) is 9.08. The van der Waals surface area contributed by atoms with Crippen LogP contribution in [0, 0.1) is 11.2 Å². The average Bonchev–Trinajstić information content (AvgIpc) is 3.16. The quantitative estimate of drug-likeness (QED) is 0.667. The van der Waals surface area contributed by atoms with E-state index in [1.807, 2.05) is 25.7 Å². The first-order valence-corrected chi connectivity index (χ1v) is 11.2. The normalized spacial score (nSPS) is 26.2. The second-order valence-corrected chi connectivity index (χ2v) is 8.89. The maximum Gasteiger partial charge on any atom is 0.328 e. The van der Waals surface area contributed by atoms with E-state index in [1.165, 1.54) is 0 Å². The number of carbonyl (C=O) groups excluding carboxylic acids is 3. The summed E-state index contributed by atoms with van der Waals surface area (Å²) in [7, 11) is 0. The van der Waals surface area contributed by atoms with Crippen LogP contribution in [0.5, 0.6) is 0 Å². The van der Waals surface area contributed by atoms with Gasteiger partial charge in [0.05, 0.1) is 29.3 Å². The molecule has 2 aromatic rings. The van der Waals surface area contributed by atoms with Gasteiger partial charge in [0, 0.05) is 26.1 Å². The molecule has 3 atom stereocenters. The molecule has 11 heteroatoms. The highest BCUT2D eigenvalue weighted by Gasteiger charge is 2.63. The van der Waals surface area contributed by atoms with Crippen LogP contribution in [-0.2, 0) is 20.7 Å². The first-order valence-electron chi connectivity index (χ1n) is 11.2. The van der Waals surface area contributed by atoms with Crippen LogP contribution < -0.4 is 20.4 Å². The Morgan fingerprint density at radius 1 is 1.21 bits per heavy atom. The number of rotatable bonds is 3. The summed E-state index contributed by atoms with van der Waals surface area (Å²) >= 11 is 0. The molecule has 1 aromatic carbocycles. The van der Waals surface area contributed by atoms with E-state index < -0.39 is 41.2 Å². The molecule has 3 aliphatic heterocycles. The van der Waals surface area contributed by atoms with Crippen LogP contribution in [0.15, 0.2) is 10.6 Å². The molecule has 33 heavy (non-hydrogen) atoms. The van der Waals surface area contributed by atoms with Crippen LogP contribution >= 0.6 is 0 Å². The number of morpholine rings is 1. The highest BCUT2D eigenvalue weighted by atomic mass is 19.1. The predicted molar refractivity (Wildman–Crippen MR) is 116 cm³/mol. The number of fused-ring (bicyclic) bond motifs is 5. The van der Waals surface area contributed by atoms with E-state index in [2.05, 4.69) is 15.8 Å². The van der Waals surface area contributed by atoms with Crippen LogP contribution in [-0.4, -0.2) is 60.9 Å². The number of ether oxygens (including phenoxy) is 1. The third kappa shape index (κ3) is 2.87. The summed E-state index contributed by atoms with van der Waals surface area (Å²) in [6, 6.07) is 0.0686. The smallest absolute Gasteiger partial charge is 0.328 e. The van der Waals surface area contributed by atoms with Crippen LogP contribution in [0.2, 0.25) is 0 Å². The average molecular weight is 459 g/mol. The Labute approximate surface area is 189 Å². The largest absolute Gasteiger partial charge is 0.372 e. The molecule has 2 fully saturated rings. The van der Waals surface area contributed by atoms with Crippen molar-refractivity contribution < 1.29 is 28.0 Å². The van der Waals surface area contributed by atoms with E-state index in [0.29, 0.717) is 29.9 Å². The zero-order chi connectivity index (χ0) is 23.7. The van der Waals surface area contributed by atoms with Gasteiger partial charge in [-0.15, -0.1) is 0 Å². The topological polar surface area (TPSA) is 117 Å². The molecule has 2 N–H and O–H groups in total. The molecule has 0 radical (unpaired) electrons. The molecule has 0 unspecified atom stereocenters. The lowest BCUT2D eigenvalue weighted by Gasteiger charge is -2.55. The Hall–Kier alpha value is -3.21. The summed E-state index contributed by atoms with van der Waals surface area (Å²) in [5, 5.41) is 9.06. The number of halogens is 1. The van der Waals surface area contributed by atoms with Gasteiger partial charge < -0.3 is 19.1 Å². The fourth-order valence-corrected chi connectivity index (χ4v) is 5.69. The maximum atomic E-state index is 16.0. The number of barbiturate groups is 1. The number of carbonyl (C=O) groups is 3. The number of nitrogens with zero attached hydrogens (tertiary/aromatic N) is 3. The molecule has 5 rings (SSSR count). The molecule has 0 aliphatic carbocycles. The first kappa shape index (κ1) is 21.6. The Bertz CT molecular complexity index is 1160. The standard InChI is InChI=1S/C22H26FN5O5/c1-5-27(6-2)18-13-7-12-8-22(19(29)24-21(31)25-20(22)30)17-11(4)32-10(3)9-28(17)15(12)14(23)16(13)33-26-18/h7,10-11,17H,5-6,8-9H2,1-4H3,(H2,24,25,29,30,31)/t10-,11+,17-/m1/s1. The molecule has 1 spiro atoms. The molecule has 176 valence electrons. The molecule has 2 saturated heterocycles. The van der Waals surface area contributed by atoms with Gasteiger partial charge in [-0.3, -0.25) is 20.2 Å². The Morgan fingerprint density at radius 3 is 2.52 bits per heavy atom. The molecule has 0 saturated carbocycles. The Balaban J connectivity index is 1.76. The van der Waals surface area contributed by atoms with Crippen molar-refractivity contribution in [1.82, 2.24) is 15.8 Å². The highest BCUT2D eigenvalue weighted by molar-refractivity contribution is 6.20. The van der Waals surface area contributed by atoms with Gasteiger partial charge in [-0.1, -0.05) is 5.16 Å². The van der Waals surface area contributed by atoms with Crippen LogP contribution in [0.25, 0.3) is 11.0 Å². The first-order chi connectivity index (χ1) is 15.7. The third-order valence-corrected chi connectivity index (χ3v) is 7.01. The number of hydrogen-bond acceptors (Lipinski definition) is 8. The van der Waals surface area contributed by atoms with Crippen molar-refractivity contribution in [2.75, 3.05) is 29.4 Å². The molecule has 4 amide bonds. The van der Waals surface area contributed by atoms with Gasteiger partial charge in [0.1, 0.15) is 0 Å². The zero-order valence-electron chi connectivity index (χ0n) is 18.9. The number of hydrogen-bond donors (Lipinski definition) is 2. The summed E-state index contributed by atoms with van der Waals surface area (Å²) in [4.78, 5) is 42.0. The van der Waals surface area contributed by atoms with Gasteiger partial charge >= 0.3 is 6.03 Å². The SMILES string of the molecule is CCN(CC)c1noc2c(F)c3c(cc12)CC1(C(=O)NC(=O)NC1=O)[C@H]1[C@H](C)O[C@H](C)CN31. The molecule has 1 aromatic heterocycles. The number of anilines is 2. The summed E-state index contributed by atoms with van der Waals surface area (Å²) in [5.74, 6) is -1.50. The number of amides is 4. The van der Waals surface area contributed by atoms with Gasteiger partial charge in [0.15, 0.2) is 17.1 Å². The van der Waals surface area contributed by atoms with Crippen LogP contribution in [0.3, 0.4) is 0 Å². The molecule has 0 bridgehead atoms. The highest BCUT2D eigenvalue weighted by Crippen LogP contribution is 2.49. The number of urea groups is 1. The van der Waals surface area contributed by atoms with E-state index in [-0.39, 0.29) is 30.3 Å². The lowest BCUT2D eigenvalue weighted by molar-refractivity contribution is -0.153. The van der Waals surface area contributed by atoms with Crippen molar-refractivity contribution in [2.45, 2.75) is 52.4 Å². The molecule has 4 heterocycles.